The molecule has 2 N–H and O–H groups in total. The summed E-state index contributed by atoms with van der Waals surface area (Å²) in [6.07, 6.45) is 3.39. The number of hydrogen-bond acceptors (Lipinski definition) is 3. The Morgan fingerprint density at radius 3 is 2.83 bits per heavy atom. The number of rotatable bonds is 5. The fourth-order valence-electron chi connectivity index (χ4n) is 2.80. The standard InChI is InChI=1S/C18H18BrNO3/c19-15-5-7-17(14(8-15)10-21)23-11-18(22)20-16-6-4-12-2-1-3-13(12)9-16/h4-9,21H,1-3,10-11H2,(H,20,22). The zero-order valence-corrected chi connectivity index (χ0v) is 14.2. The first-order valence-electron chi connectivity index (χ1n) is 7.59. The van der Waals surface area contributed by atoms with E-state index in [9.17, 15) is 9.90 Å². The monoisotopic (exact) mass is 375 g/mol. The quantitative estimate of drug-likeness (QED) is 0.841. The van der Waals surface area contributed by atoms with Crippen LogP contribution in [0.2, 0.25) is 0 Å². The number of carbonyl (C=O) groups excluding carboxylic acids is 1. The number of halogens is 1. The number of aliphatic hydroxyl groups is 1. The number of carbonyl (C=O) groups is 1. The van der Waals surface area contributed by atoms with E-state index in [-0.39, 0.29) is 19.1 Å². The number of benzene rings is 2. The van der Waals surface area contributed by atoms with Gasteiger partial charge in [0.25, 0.3) is 5.91 Å². The Bertz CT molecular complexity index is 730. The molecule has 0 fully saturated rings. The molecule has 0 atom stereocenters. The maximum absolute atomic E-state index is 12.0. The van der Waals surface area contributed by atoms with Crippen molar-refractivity contribution < 1.29 is 14.6 Å². The Kier molecular flexibility index (Phi) is 4.98. The second-order valence-corrected chi connectivity index (χ2v) is 6.50. The molecule has 0 spiro atoms. The summed E-state index contributed by atoms with van der Waals surface area (Å²) in [5.41, 5.74) is 4.14. The van der Waals surface area contributed by atoms with Crippen molar-refractivity contribution in [3.8, 4) is 5.75 Å². The van der Waals surface area contributed by atoms with Gasteiger partial charge >= 0.3 is 0 Å². The van der Waals surface area contributed by atoms with E-state index in [0.717, 1.165) is 23.0 Å². The second kappa shape index (κ2) is 7.15. The van der Waals surface area contributed by atoms with Gasteiger partial charge in [-0.3, -0.25) is 4.79 Å². The molecule has 120 valence electrons. The van der Waals surface area contributed by atoms with Crippen LogP contribution in [-0.2, 0) is 24.2 Å². The molecule has 2 aromatic carbocycles. The topological polar surface area (TPSA) is 58.6 Å². The molecule has 0 radical (unpaired) electrons. The number of amides is 1. The molecule has 3 rings (SSSR count). The van der Waals surface area contributed by atoms with E-state index < -0.39 is 0 Å². The second-order valence-electron chi connectivity index (χ2n) is 5.58. The van der Waals surface area contributed by atoms with Crippen LogP contribution in [0.1, 0.15) is 23.1 Å². The molecule has 5 heteroatoms. The van der Waals surface area contributed by atoms with Crippen molar-refractivity contribution in [1.82, 2.24) is 0 Å². The highest BCUT2D eigenvalue weighted by Gasteiger charge is 2.12. The molecule has 0 saturated heterocycles. The van der Waals surface area contributed by atoms with E-state index in [4.69, 9.17) is 4.74 Å². The van der Waals surface area contributed by atoms with Crippen molar-refractivity contribution >= 4 is 27.5 Å². The van der Waals surface area contributed by atoms with Crippen LogP contribution in [0.4, 0.5) is 5.69 Å². The maximum atomic E-state index is 12.0. The maximum Gasteiger partial charge on any atom is 0.262 e. The minimum absolute atomic E-state index is 0.0916. The van der Waals surface area contributed by atoms with Crippen LogP contribution < -0.4 is 10.1 Å². The van der Waals surface area contributed by atoms with E-state index in [0.29, 0.717) is 11.3 Å². The molecule has 0 aromatic heterocycles. The van der Waals surface area contributed by atoms with Gasteiger partial charge in [-0.15, -0.1) is 0 Å². The van der Waals surface area contributed by atoms with E-state index in [1.807, 2.05) is 18.2 Å². The van der Waals surface area contributed by atoms with Crippen LogP contribution in [0.25, 0.3) is 0 Å². The lowest BCUT2D eigenvalue weighted by Crippen LogP contribution is -2.20. The van der Waals surface area contributed by atoms with Crippen molar-refractivity contribution in [3.63, 3.8) is 0 Å². The molecule has 2 aromatic rings. The first-order valence-corrected chi connectivity index (χ1v) is 8.39. The molecule has 1 aliphatic carbocycles. The number of nitrogens with one attached hydrogen (secondary N) is 1. The molecule has 0 heterocycles. The van der Waals surface area contributed by atoms with Crippen molar-refractivity contribution in [1.29, 1.82) is 0 Å². The summed E-state index contributed by atoms with van der Waals surface area (Å²) in [5, 5.41) is 12.2. The van der Waals surface area contributed by atoms with Crippen LogP contribution in [-0.4, -0.2) is 17.6 Å². The van der Waals surface area contributed by atoms with E-state index in [1.165, 1.54) is 17.5 Å². The van der Waals surface area contributed by atoms with Crippen LogP contribution >= 0.6 is 15.9 Å². The molecule has 1 amide bonds. The van der Waals surface area contributed by atoms with Crippen LogP contribution in [0, 0.1) is 0 Å². The minimum atomic E-state index is -0.213. The van der Waals surface area contributed by atoms with Crippen LogP contribution in [0.3, 0.4) is 0 Å². The zero-order chi connectivity index (χ0) is 16.2. The summed E-state index contributed by atoms with van der Waals surface area (Å²) >= 11 is 3.34. The molecule has 0 bridgehead atoms. The predicted octanol–water partition coefficient (Wildman–Crippen LogP) is 3.45. The third-order valence-corrected chi connectivity index (χ3v) is 4.43. The van der Waals surface area contributed by atoms with Crippen LogP contribution in [0.5, 0.6) is 5.75 Å². The number of ether oxygens (including phenoxy) is 1. The smallest absolute Gasteiger partial charge is 0.262 e. The molecule has 1 aliphatic rings. The van der Waals surface area contributed by atoms with E-state index >= 15 is 0 Å². The van der Waals surface area contributed by atoms with E-state index in [2.05, 4.69) is 27.3 Å². The average molecular weight is 376 g/mol. The average Bonchev–Trinajstić information content (AvgIpc) is 3.01. The summed E-state index contributed by atoms with van der Waals surface area (Å²) < 4.78 is 6.37. The Labute approximate surface area is 143 Å². The molecular formula is C18H18BrNO3. The molecular weight excluding hydrogens is 358 g/mol. The minimum Gasteiger partial charge on any atom is -0.483 e. The Balaban J connectivity index is 1.60. The van der Waals surface area contributed by atoms with Crippen LogP contribution in [0.15, 0.2) is 40.9 Å². The first kappa shape index (κ1) is 16.0. The molecule has 23 heavy (non-hydrogen) atoms. The van der Waals surface area contributed by atoms with Gasteiger partial charge in [0.15, 0.2) is 6.61 Å². The lowest BCUT2D eigenvalue weighted by atomic mass is 10.1. The molecule has 0 saturated carbocycles. The van der Waals surface area contributed by atoms with Gasteiger partial charge in [0.2, 0.25) is 0 Å². The normalized spacial score (nSPS) is 12.8. The Morgan fingerprint density at radius 1 is 1.17 bits per heavy atom. The first-order chi connectivity index (χ1) is 11.2. The number of anilines is 1. The highest BCUT2D eigenvalue weighted by molar-refractivity contribution is 9.10. The largest absolute Gasteiger partial charge is 0.483 e. The van der Waals surface area contributed by atoms with Crippen molar-refractivity contribution in [2.24, 2.45) is 0 Å². The van der Waals surface area contributed by atoms with Gasteiger partial charge in [0.1, 0.15) is 5.75 Å². The number of fused-ring (bicyclic) bond motifs is 1. The van der Waals surface area contributed by atoms with Gasteiger partial charge in [0, 0.05) is 15.7 Å². The third-order valence-electron chi connectivity index (χ3n) is 3.93. The van der Waals surface area contributed by atoms with Gasteiger partial charge < -0.3 is 15.2 Å². The van der Waals surface area contributed by atoms with Crippen molar-refractivity contribution in [2.75, 3.05) is 11.9 Å². The lowest BCUT2D eigenvalue weighted by Gasteiger charge is -2.11. The summed E-state index contributed by atoms with van der Waals surface area (Å²) in [4.78, 5) is 12.0. The van der Waals surface area contributed by atoms with Gasteiger partial charge in [-0.1, -0.05) is 22.0 Å². The van der Waals surface area contributed by atoms with E-state index in [1.54, 1.807) is 12.1 Å². The number of hydrogen-bond donors (Lipinski definition) is 2. The van der Waals surface area contributed by atoms with Gasteiger partial charge in [-0.2, -0.15) is 0 Å². The number of aryl methyl sites for hydroxylation is 2. The summed E-state index contributed by atoms with van der Waals surface area (Å²) in [7, 11) is 0. The fourth-order valence-corrected chi connectivity index (χ4v) is 3.21. The SMILES string of the molecule is O=C(COc1ccc(Br)cc1CO)Nc1ccc2c(c1)CCC2. The van der Waals surface area contributed by atoms with Gasteiger partial charge in [0.05, 0.1) is 6.61 Å². The molecule has 0 unspecified atom stereocenters. The zero-order valence-electron chi connectivity index (χ0n) is 12.6. The molecule has 0 aliphatic heterocycles. The lowest BCUT2D eigenvalue weighted by molar-refractivity contribution is -0.118. The van der Waals surface area contributed by atoms with Gasteiger partial charge in [-0.25, -0.2) is 0 Å². The summed E-state index contributed by atoms with van der Waals surface area (Å²) in [6, 6.07) is 11.4. The highest BCUT2D eigenvalue weighted by atomic mass is 79.9. The Morgan fingerprint density at radius 2 is 2.00 bits per heavy atom. The summed E-state index contributed by atoms with van der Waals surface area (Å²) in [5.74, 6) is 0.301. The van der Waals surface area contributed by atoms with Gasteiger partial charge in [-0.05, 0) is 60.7 Å². The molecule has 4 nitrogen and oxygen atoms in total. The van der Waals surface area contributed by atoms with Crippen molar-refractivity contribution in [2.45, 2.75) is 25.9 Å². The number of aliphatic hydroxyl groups excluding tert-OH is 1. The predicted molar refractivity (Wildman–Crippen MR) is 92.7 cm³/mol. The fraction of sp³-hybridized carbons (Fsp3) is 0.278. The summed E-state index contributed by atoms with van der Waals surface area (Å²) in [6.45, 7) is -0.229. The Hall–Kier alpha value is -1.85. The third kappa shape index (κ3) is 3.92. The highest BCUT2D eigenvalue weighted by Crippen LogP contribution is 2.25. The van der Waals surface area contributed by atoms with Crippen molar-refractivity contribution in [3.05, 3.63) is 57.6 Å².